The van der Waals surface area contributed by atoms with Gasteiger partial charge in [0.1, 0.15) is 0 Å². The zero-order valence-electron chi connectivity index (χ0n) is 21.0. The first-order valence-electron chi connectivity index (χ1n) is 12.4. The van der Waals surface area contributed by atoms with Gasteiger partial charge < -0.3 is 20.1 Å². The Labute approximate surface area is 212 Å². The second kappa shape index (κ2) is 9.11. The molecule has 2 aliphatic rings. The molecule has 7 heteroatoms. The topological polar surface area (TPSA) is 62.2 Å². The van der Waals surface area contributed by atoms with E-state index in [1.165, 1.54) is 29.8 Å². The van der Waals surface area contributed by atoms with E-state index in [1.807, 2.05) is 51.2 Å². The van der Waals surface area contributed by atoms with Crippen LogP contribution >= 0.6 is 12.2 Å². The van der Waals surface area contributed by atoms with Crippen LogP contribution < -0.4 is 15.5 Å². The normalized spacial score (nSPS) is 19.8. The van der Waals surface area contributed by atoms with Crippen LogP contribution in [0.25, 0.3) is 0 Å². The van der Waals surface area contributed by atoms with Gasteiger partial charge in [-0.15, -0.1) is 0 Å². The Morgan fingerprint density at radius 1 is 1.14 bits per heavy atom. The van der Waals surface area contributed by atoms with E-state index in [-0.39, 0.29) is 23.9 Å². The number of nitrogens with one attached hydrogen (secondary N) is 2. The number of carbonyl (C=O) groups is 1. The van der Waals surface area contributed by atoms with E-state index >= 15 is 0 Å². The second-order valence-corrected chi connectivity index (χ2v) is 10.5. The van der Waals surface area contributed by atoms with Gasteiger partial charge in [0, 0.05) is 40.9 Å². The Morgan fingerprint density at radius 2 is 1.91 bits per heavy atom. The molecular formula is C28H33N5OS. The van der Waals surface area contributed by atoms with Crippen LogP contribution in [0.15, 0.2) is 48.7 Å². The lowest BCUT2D eigenvalue weighted by atomic mass is 9.96. The molecule has 1 saturated heterocycles. The van der Waals surface area contributed by atoms with Crippen LogP contribution in [0.4, 0.5) is 11.4 Å². The molecule has 3 aromatic rings. The van der Waals surface area contributed by atoms with E-state index < -0.39 is 0 Å². The van der Waals surface area contributed by atoms with Gasteiger partial charge in [-0.05, 0) is 93.4 Å². The molecule has 1 aliphatic heterocycles. The fourth-order valence-corrected chi connectivity index (χ4v) is 5.51. The third-order valence-corrected chi connectivity index (χ3v) is 7.44. The van der Waals surface area contributed by atoms with Gasteiger partial charge in [-0.1, -0.05) is 19.9 Å². The second-order valence-electron chi connectivity index (χ2n) is 10.1. The number of rotatable bonds is 6. The highest BCUT2D eigenvalue weighted by Crippen LogP contribution is 2.46. The summed E-state index contributed by atoms with van der Waals surface area (Å²) >= 11 is 5.91. The van der Waals surface area contributed by atoms with E-state index in [4.69, 9.17) is 12.2 Å². The molecule has 0 radical (unpaired) electrons. The third-order valence-electron chi connectivity index (χ3n) is 7.12. The lowest BCUT2D eigenvalue weighted by molar-refractivity contribution is -0.118. The average molecular weight is 488 g/mol. The van der Waals surface area contributed by atoms with Crippen molar-refractivity contribution in [2.24, 2.45) is 5.92 Å². The molecule has 0 bridgehead atoms. The standard InChI is InChI=1S/C28H33N5OS/c1-16(2)27(34)30-23-12-11-21(14-17(23)3)33-26(22-15-18(4)32(19(22)5)20-9-10-20)25(31-28(33)35)24-8-6-7-13-29-24/h6-8,11-16,20,25-26H,9-10H2,1-5H3,(H,30,34)(H,31,35)/t25-,26-/m0/s1. The minimum atomic E-state index is -0.0744. The zero-order valence-corrected chi connectivity index (χ0v) is 21.8. The molecule has 1 aromatic carbocycles. The number of aromatic nitrogens is 2. The maximum atomic E-state index is 12.3. The third kappa shape index (κ3) is 4.33. The van der Waals surface area contributed by atoms with Crippen LogP contribution in [-0.2, 0) is 4.79 Å². The monoisotopic (exact) mass is 487 g/mol. The number of pyridine rings is 1. The van der Waals surface area contributed by atoms with Crippen molar-refractivity contribution in [3.63, 3.8) is 0 Å². The molecule has 0 unspecified atom stereocenters. The minimum absolute atomic E-state index is 0.0137. The smallest absolute Gasteiger partial charge is 0.226 e. The summed E-state index contributed by atoms with van der Waals surface area (Å²) in [5.41, 5.74) is 7.66. The number of thiocarbonyl (C=S) groups is 1. The maximum Gasteiger partial charge on any atom is 0.226 e. The van der Waals surface area contributed by atoms with Crippen molar-refractivity contribution >= 4 is 34.6 Å². The molecule has 3 heterocycles. The largest absolute Gasteiger partial charge is 0.351 e. The highest BCUT2D eigenvalue weighted by molar-refractivity contribution is 7.80. The lowest BCUT2D eigenvalue weighted by Crippen LogP contribution is -2.29. The molecule has 2 aromatic heterocycles. The van der Waals surface area contributed by atoms with Gasteiger partial charge in [0.05, 0.1) is 17.8 Å². The number of aryl methyl sites for hydroxylation is 2. The summed E-state index contributed by atoms with van der Waals surface area (Å²) in [7, 11) is 0. The lowest BCUT2D eigenvalue weighted by Gasteiger charge is -2.29. The van der Waals surface area contributed by atoms with E-state index in [9.17, 15) is 4.79 Å². The van der Waals surface area contributed by atoms with Gasteiger partial charge in [0.15, 0.2) is 5.11 Å². The van der Waals surface area contributed by atoms with E-state index in [2.05, 4.69) is 57.1 Å². The molecule has 1 aliphatic carbocycles. The predicted molar refractivity (Wildman–Crippen MR) is 145 cm³/mol. The van der Waals surface area contributed by atoms with Gasteiger partial charge in [0.2, 0.25) is 5.91 Å². The Balaban J connectivity index is 1.58. The first-order valence-corrected chi connectivity index (χ1v) is 12.8. The molecule has 2 N–H and O–H groups in total. The van der Waals surface area contributed by atoms with Crippen molar-refractivity contribution in [2.75, 3.05) is 10.2 Å². The summed E-state index contributed by atoms with van der Waals surface area (Å²) < 4.78 is 2.49. The SMILES string of the molecule is Cc1cc(N2C(=S)N[C@@H](c3ccccn3)[C@@H]2c2cc(C)n(C3CC3)c2C)ccc1NC(=O)C(C)C. The molecule has 0 spiro atoms. The predicted octanol–water partition coefficient (Wildman–Crippen LogP) is 5.91. The molecule has 1 amide bonds. The summed E-state index contributed by atoms with van der Waals surface area (Å²) in [5, 5.41) is 7.28. The maximum absolute atomic E-state index is 12.3. The minimum Gasteiger partial charge on any atom is -0.351 e. The van der Waals surface area contributed by atoms with Gasteiger partial charge >= 0.3 is 0 Å². The van der Waals surface area contributed by atoms with Gasteiger partial charge in [-0.3, -0.25) is 9.78 Å². The van der Waals surface area contributed by atoms with Crippen LogP contribution in [0.5, 0.6) is 0 Å². The van der Waals surface area contributed by atoms with Crippen LogP contribution in [-0.4, -0.2) is 20.6 Å². The van der Waals surface area contributed by atoms with Crippen LogP contribution in [0, 0.1) is 26.7 Å². The van der Waals surface area contributed by atoms with Gasteiger partial charge in [-0.25, -0.2) is 0 Å². The van der Waals surface area contributed by atoms with E-state index in [0.717, 1.165) is 22.6 Å². The summed E-state index contributed by atoms with van der Waals surface area (Å²) in [6, 6.07) is 15.0. The average Bonchev–Trinajstić information content (AvgIpc) is 3.54. The van der Waals surface area contributed by atoms with Gasteiger partial charge in [0.25, 0.3) is 0 Å². The van der Waals surface area contributed by atoms with Crippen molar-refractivity contribution in [3.8, 4) is 0 Å². The Bertz CT molecular complexity index is 1280. The van der Waals surface area contributed by atoms with Crippen molar-refractivity contribution in [3.05, 3.63) is 76.9 Å². The van der Waals surface area contributed by atoms with E-state index in [1.54, 1.807) is 0 Å². The highest BCUT2D eigenvalue weighted by atomic mass is 32.1. The van der Waals surface area contributed by atoms with Crippen LogP contribution in [0.3, 0.4) is 0 Å². The van der Waals surface area contributed by atoms with Gasteiger partial charge in [-0.2, -0.15) is 0 Å². The molecule has 2 fully saturated rings. The first kappa shape index (κ1) is 23.5. The number of nitrogens with zero attached hydrogens (tertiary/aromatic N) is 3. The molecule has 1 saturated carbocycles. The molecule has 5 rings (SSSR count). The number of hydrogen-bond acceptors (Lipinski definition) is 3. The summed E-state index contributed by atoms with van der Waals surface area (Å²) in [5.74, 6) is -0.0607. The Hall–Kier alpha value is -3.19. The van der Waals surface area contributed by atoms with Crippen molar-refractivity contribution < 1.29 is 4.79 Å². The Morgan fingerprint density at radius 3 is 2.54 bits per heavy atom. The summed E-state index contributed by atoms with van der Waals surface area (Å²) in [6.45, 7) is 10.2. The molecular weight excluding hydrogens is 454 g/mol. The number of hydrogen-bond donors (Lipinski definition) is 2. The molecule has 182 valence electrons. The quantitative estimate of drug-likeness (QED) is 0.423. The molecule has 6 nitrogen and oxygen atoms in total. The summed E-state index contributed by atoms with van der Waals surface area (Å²) in [6.07, 6.45) is 4.32. The van der Waals surface area contributed by atoms with Crippen molar-refractivity contribution in [2.45, 2.75) is 65.6 Å². The van der Waals surface area contributed by atoms with Crippen LogP contribution in [0.1, 0.15) is 73.0 Å². The van der Waals surface area contributed by atoms with Crippen molar-refractivity contribution in [1.29, 1.82) is 0 Å². The number of benzene rings is 1. The van der Waals surface area contributed by atoms with Crippen molar-refractivity contribution in [1.82, 2.24) is 14.9 Å². The number of carbonyl (C=O) groups excluding carboxylic acids is 1. The number of anilines is 2. The Kier molecular flexibility index (Phi) is 6.13. The highest BCUT2D eigenvalue weighted by Gasteiger charge is 2.43. The van der Waals surface area contributed by atoms with Crippen LogP contribution in [0.2, 0.25) is 0 Å². The zero-order chi connectivity index (χ0) is 24.9. The fourth-order valence-electron chi connectivity index (χ4n) is 5.16. The van der Waals surface area contributed by atoms with E-state index in [0.29, 0.717) is 11.2 Å². The molecule has 2 atom stereocenters. The fraction of sp³-hybridized carbons (Fsp3) is 0.393. The first-order chi connectivity index (χ1) is 16.8. The summed E-state index contributed by atoms with van der Waals surface area (Å²) in [4.78, 5) is 19.2. The molecule has 35 heavy (non-hydrogen) atoms. The number of amides is 1.